The first-order valence-corrected chi connectivity index (χ1v) is 9.46. The third-order valence-electron chi connectivity index (χ3n) is 4.47. The number of carbonyl (C=O) groups is 1. The number of furan rings is 1. The summed E-state index contributed by atoms with van der Waals surface area (Å²) in [5.74, 6) is 1.58. The highest BCUT2D eigenvalue weighted by Crippen LogP contribution is 2.23. The zero-order chi connectivity index (χ0) is 19.1. The number of hydrogen-bond acceptors (Lipinski definition) is 5. The van der Waals surface area contributed by atoms with E-state index in [4.69, 9.17) is 8.94 Å². The van der Waals surface area contributed by atoms with E-state index in [2.05, 4.69) is 29.3 Å². The SMILES string of the molecule is CCCC(CCC)C(=O)Nc1ccccc1Cc1nc(-c2ccco2)no1. The van der Waals surface area contributed by atoms with Gasteiger partial charge >= 0.3 is 0 Å². The van der Waals surface area contributed by atoms with Crippen molar-refractivity contribution in [3.8, 4) is 11.6 Å². The molecule has 27 heavy (non-hydrogen) atoms. The van der Waals surface area contributed by atoms with Crippen molar-refractivity contribution >= 4 is 11.6 Å². The number of aromatic nitrogens is 2. The maximum atomic E-state index is 12.7. The first-order chi connectivity index (χ1) is 13.2. The van der Waals surface area contributed by atoms with Crippen LogP contribution in [0.1, 0.15) is 51.0 Å². The van der Waals surface area contributed by atoms with Crippen LogP contribution in [0, 0.1) is 5.92 Å². The highest BCUT2D eigenvalue weighted by molar-refractivity contribution is 5.93. The van der Waals surface area contributed by atoms with Gasteiger partial charge in [-0.05, 0) is 36.6 Å². The molecule has 1 aromatic carbocycles. The average molecular weight is 367 g/mol. The smallest absolute Gasteiger partial charge is 0.238 e. The van der Waals surface area contributed by atoms with Crippen molar-refractivity contribution in [1.29, 1.82) is 0 Å². The van der Waals surface area contributed by atoms with E-state index in [-0.39, 0.29) is 11.8 Å². The quantitative estimate of drug-likeness (QED) is 0.571. The van der Waals surface area contributed by atoms with Crippen LogP contribution >= 0.6 is 0 Å². The van der Waals surface area contributed by atoms with Gasteiger partial charge in [-0.1, -0.05) is 50.0 Å². The molecule has 0 radical (unpaired) electrons. The van der Waals surface area contributed by atoms with Gasteiger partial charge in [-0.3, -0.25) is 4.79 Å². The minimum Gasteiger partial charge on any atom is -0.461 e. The number of nitrogens with zero attached hydrogens (tertiary/aromatic N) is 2. The largest absolute Gasteiger partial charge is 0.461 e. The Labute approximate surface area is 159 Å². The third kappa shape index (κ3) is 4.84. The summed E-state index contributed by atoms with van der Waals surface area (Å²) in [4.78, 5) is 17.1. The number of para-hydroxylation sites is 1. The Kier molecular flexibility index (Phi) is 6.41. The number of nitrogens with one attached hydrogen (secondary N) is 1. The van der Waals surface area contributed by atoms with Gasteiger partial charge in [0.15, 0.2) is 5.76 Å². The number of anilines is 1. The van der Waals surface area contributed by atoms with Crippen LogP contribution in [0.4, 0.5) is 5.69 Å². The molecule has 2 aromatic heterocycles. The van der Waals surface area contributed by atoms with E-state index in [1.54, 1.807) is 18.4 Å². The second kappa shape index (κ2) is 9.16. The highest BCUT2D eigenvalue weighted by atomic mass is 16.5. The van der Waals surface area contributed by atoms with Crippen molar-refractivity contribution in [2.45, 2.75) is 46.0 Å². The number of amides is 1. The van der Waals surface area contributed by atoms with E-state index in [0.717, 1.165) is 36.9 Å². The standard InChI is InChI=1S/C21H25N3O3/c1-3-8-15(9-4-2)21(25)22-17-11-6-5-10-16(17)14-19-23-20(24-27-19)18-12-7-13-26-18/h5-7,10-13,15H,3-4,8-9,14H2,1-2H3,(H,22,25). The third-order valence-corrected chi connectivity index (χ3v) is 4.47. The number of benzene rings is 1. The van der Waals surface area contributed by atoms with Crippen molar-refractivity contribution in [3.63, 3.8) is 0 Å². The monoisotopic (exact) mass is 367 g/mol. The fourth-order valence-corrected chi connectivity index (χ4v) is 3.13. The first-order valence-electron chi connectivity index (χ1n) is 9.46. The van der Waals surface area contributed by atoms with Crippen LogP contribution in [0.2, 0.25) is 0 Å². The molecule has 0 atom stereocenters. The summed E-state index contributed by atoms with van der Waals surface area (Å²) < 4.78 is 10.6. The van der Waals surface area contributed by atoms with E-state index in [9.17, 15) is 4.79 Å². The van der Waals surface area contributed by atoms with Crippen molar-refractivity contribution in [1.82, 2.24) is 10.1 Å². The Hall–Kier alpha value is -2.89. The normalized spacial score (nSPS) is 11.1. The molecule has 3 rings (SSSR count). The molecule has 6 nitrogen and oxygen atoms in total. The van der Waals surface area contributed by atoms with Crippen LogP contribution in [0.25, 0.3) is 11.6 Å². The van der Waals surface area contributed by atoms with E-state index in [1.165, 1.54) is 0 Å². The Morgan fingerprint density at radius 2 is 1.89 bits per heavy atom. The molecule has 1 amide bonds. The van der Waals surface area contributed by atoms with Gasteiger partial charge in [0.2, 0.25) is 17.6 Å². The minimum absolute atomic E-state index is 0.0435. The zero-order valence-electron chi connectivity index (χ0n) is 15.8. The molecule has 0 saturated carbocycles. The van der Waals surface area contributed by atoms with Gasteiger partial charge in [-0.2, -0.15) is 4.98 Å². The predicted octanol–water partition coefficient (Wildman–Crippen LogP) is 5.08. The van der Waals surface area contributed by atoms with Crippen LogP contribution in [0.15, 0.2) is 51.6 Å². The molecule has 0 spiro atoms. The highest BCUT2D eigenvalue weighted by Gasteiger charge is 2.19. The molecule has 3 aromatic rings. The maximum Gasteiger partial charge on any atom is 0.238 e. The number of hydrogen-bond donors (Lipinski definition) is 1. The molecule has 1 N–H and O–H groups in total. The van der Waals surface area contributed by atoms with E-state index in [1.807, 2.05) is 24.3 Å². The fourth-order valence-electron chi connectivity index (χ4n) is 3.13. The predicted molar refractivity (Wildman–Crippen MR) is 103 cm³/mol. The zero-order valence-corrected chi connectivity index (χ0v) is 15.8. The molecular formula is C21H25N3O3. The molecule has 0 unspecified atom stereocenters. The van der Waals surface area contributed by atoms with Crippen LogP contribution in [-0.2, 0) is 11.2 Å². The summed E-state index contributed by atoms with van der Waals surface area (Å²) in [6.45, 7) is 4.21. The van der Waals surface area contributed by atoms with Gasteiger partial charge < -0.3 is 14.3 Å². The minimum atomic E-state index is 0.0435. The topological polar surface area (TPSA) is 81.2 Å². The van der Waals surface area contributed by atoms with E-state index < -0.39 is 0 Å². The van der Waals surface area contributed by atoms with Gasteiger partial charge in [-0.15, -0.1) is 0 Å². The Morgan fingerprint density at radius 3 is 2.59 bits per heavy atom. The van der Waals surface area contributed by atoms with Crippen LogP contribution in [0.5, 0.6) is 0 Å². The second-order valence-corrected chi connectivity index (χ2v) is 6.59. The van der Waals surface area contributed by atoms with Gasteiger partial charge in [0, 0.05) is 11.6 Å². The molecule has 0 fully saturated rings. The Morgan fingerprint density at radius 1 is 1.11 bits per heavy atom. The van der Waals surface area contributed by atoms with Crippen LogP contribution in [-0.4, -0.2) is 16.0 Å². The van der Waals surface area contributed by atoms with Crippen molar-refractivity contribution in [3.05, 3.63) is 54.1 Å². The average Bonchev–Trinajstić information content (AvgIpc) is 3.34. The summed E-state index contributed by atoms with van der Waals surface area (Å²) in [7, 11) is 0. The molecule has 142 valence electrons. The molecule has 2 heterocycles. The molecule has 0 aliphatic heterocycles. The Balaban J connectivity index is 1.73. The lowest BCUT2D eigenvalue weighted by atomic mass is 9.97. The number of carbonyl (C=O) groups excluding carboxylic acids is 1. The second-order valence-electron chi connectivity index (χ2n) is 6.59. The molecule has 0 bridgehead atoms. The lowest BCUT2D eigenvalue weighted by molar-refractivity contribution is -0.120. The van der Waals surface area contributed by atoms with Gasteiger partial charge in [0.25, 0.3) is 0 Å². The summed E-state index contributed by atoms with van der Waals surface area (Å²) in [5.41, 5.74) is 1.73. The van der Waals surface area contributed by atoms with E-state index in [0.29, 0.717) is 23.9 Å². The Bertz CT molecular complexity index is 849. The van der Waals surface area contributed by atoms with Gasteiger partial charge in [0.1, 0.15) is 0 Å². The number of rotatable bonds is 9. The summed E-state index contributed by atoms with van der Waals surface area (Å²) in [6.07, 6.45) is 5.81. The fraction of sp³-hybridized carbons (Fsp3) is 0.381. The van der Waals surface area contributed by atoms with Gasteiger partial charge in [-0.25, -0.2) is 0 Å². The van der Waals surface area contributed by atoms with E-state index >= 15 is 0 Å². The summed E-state index contributed by atoms with van der Waals surface area (Å²) in [5, 5.41) is 7.04. The summed E-state index contributed by atoms with van der Waals surface area (Å²) >= 11 is 0. The lowest BCUT2D eigenvalue weighted by Crippen LogP contribution is -2.23. The van der Waals surface area contributed by atoms with Crippen molar-refractivity contribution in [2.75, 3.05) is 5.32 Å². The molecule has 6 heteroatoms. The maximum absolute atomic E-state index is 12.7. The van der Waals surface area contributed by atoms with Crippen molar-refractivity contribution < 1.29 is 13.7 Å². The van der Waals surface area contributed by atoms with Gasteiger partial charge in [0.05, 0.1) is 12.7 Å². The summed E-state index contributed by atoms with van der Waals surface area (Å²) in [6, 6.07) is 11.3. The molecule has 0 aliphatic carbocycles. The molecule has 0 aliphatic rings. The molecule has 0 saturated heterocycles. The van der Waals surface area contributed by atoms with Crippen molar-refractivity contribution in [2.24, 2.45) is 5.92 Å². The lowest BCUT2D eigenvalue weighted by Gasteiger charge is -2.17. The first kappa shape index (κ1) is 18.9. The molecular weight excluding hydrogens is 342 g/mol. The van der Waals surface area contributed by atoms with Crippen LogP contribution < -0.4 is 5.32 Å². The van der Waals surface area contributed by atoms with Crippen LogP contribution in [0.3, 0.4) is 0 Å².